The fourth-order valence-electron chi connectivity index (χ4n) is 3.50. The second-order valence-corrected chi connectivity index (χ2v) is 7.39. The van der Waals surface area contributed by atoms with Crippen molar-refractivity contribution in [3.63, 3.8) is 0 Å². The van der Waals surface area contributed by atoms with Crippen molar-refractivity contribution in [3.05, 3.63) is 96.1 Å². The lowest BCUT2D eigenvalue weighted by Crippen LogP contribution is -2.14. The van der Waals surface area contributed by atoms with Crippen LogP contribution in [0.2, 0.25) is 0 Å². The average molecular weight is 466 g/mol. The molecule has 6 nitrogen and oxygen atoms in total. The Labute approximate surface area is 193 Å². The van der Waals surface area contributed by atoms with Gasteiger partial charge in [0.15, 0.2) is 0 Å². The van der Waals surface area contributed by atoms with Crippen LogP contribution >= 0.6 is 12.4 Å². The number of hydrogen-bond acceptors (Lipinski definition) is 3. The monoisotopic (exact) mass is 465 g/mol. The highest BCUT2D eigenvalue weighted by Gasteiger charge is 2.15. The van der Waals surface area contributed by atoms with Gasteiger partial charge >= 0.3 is 0 Å². The first-order valence-electron chi connectivity index (χ1n) is 9.83. The minimum Gasteiger partial charge on any atom is -0.322 e. The Hall–Kier alpha value is -4.04. The van der Waals surface area contributed by atoms with Gasteiger partial charge in [-0.25, -0.2) is 13.8 Å². The number of carbonyl (C=O) groups excluding carboxylic acids is 1. The van der Waals surface area contributed by atoms with Gasteiger partial charge in [0.1, 0.15) is 17.3 Å². The Kier molecular flexibility index (Phi) is 5.93. The number of fused-ring (bicyclic) bond motifs is 1. The predicted octanol–water partition coefficient (Wildman–Crippen LogP) is 5.65. The quantitative estimate of drug-likeness (QED) is 0.360. The van der Waals surface area contributed by atoms with E-state index in [0.717, 1.165) is 11.1 Å². The molecular weight excluding hydrogens is 448 g/mol. The third kappa shape index (κ3) is 4.20. The van der Waals surface area contributed by atoms with Gasteiger partial charge in [0.2, 0.25) is 0 Å². The topological polar surface area (TPSA) is 75.1 Å². The van der Waals surface area contributed by atoms with E-state index in [1.54, 1.807) is 43.7 Å². The maximum absolute atomic E-state index is 14.9. The zero-order valence-corrected chi connectivity index (χ0v) is 18.2. The first-order valence-corrected chi connectivity index (χ1v) is 9.83. The molecule has 0 aliphatic rings. The summed E-state index contributed by atoms with van der Waals surface area (Å²) in [5.74, 6) is -1.78. The first-order chi connectivity index (χ1) is 15.5. The molecule has 5 rings (SSSR count). The van der Waals surface area contributed by atoms with Crippen molar-refractivity contribution in [2.45, 2.75) is 6.92 Å². The van der Waals surface area contributed by atoms with Gasteiger partial charge in [0.05, 0.1) is 23.7 Å². The van der Waals surface area contributed by atoms with Crippen molar-refractivity contribution in [3.8, 4) is 22.4 Å². The lowest BCUT2D eigenvalue weighted by molar-refractivity contribution is 0.102. The fraction of sp³-hybridized carbons (Fsp3) is 0.0417. The third-order valence-corrected chi connectivity index (χ3v) is 5.28. The van der Waals surface area contributed by atoms with Gasteiger partial charge in [-0.2, -0.15) is 5.10 Å². The number of nitrogens with one attached hydrogen (secondary N) is 2. The summed E-state index contributed by atoms with van der Waals surface area (Å²) in [6.45, 7) is 1.62. The van der Waals surface area contributed by atoms with Gasteiger partial charge in [-0.1, -0.05) is 12.1 Å². The second kappa shape index (κ2) is 8.84. The zero-order chi connectivity index (χ0) is 22.2. The molecule has 0 bridgehead atoms. The maximum Gasteiger partial charge on any atom is 0.258 e. The molecule has 166 valence electrons. The van der Waals surface area contributed by atoms with Crippen LogP contribution in [0.4, 0.5) is 14.5 Å². The van der Waals surface area contributed by atoms with Crippen LogP contribution in [-0.4, -0.2) is 25.5 Å². The van der Waals surface area contributed by atoms with Gasteiger partial charge in [-0.3, -0.25) is 14.3 Å². The number of carbonyl (C=O) groups is 1. The molecule has 2 N–H and O–H groups in total. The van der Waals surface area contributed by atoms with Crippen LogP contribution < -0.4 is 5.32 Å². The zero-order valence-electron chi connectivity index (χ0n) is 17.3. The molecule has 0 atom stereocenters. The number of amides is 1. The number of aromatic nitrogens is 4. The number of aromatic amines is 1. The summed E-state index contributed by atoms with van der Waals surface area (Å²) in [5.41, 5.74) is 4.37. The molecule has 2 aromatic carbocycles. The summed E-state index contributed by atoms with van der Waals surface area (Å²) < 4.78 is 30.4. The van der Waals surface area contributed by atoms with Crippen molar-refractivity contribution in [1.82, 2.24) is 19.6 Å². The summed E-state index contributed by atoms with van der Waals surface area (Å²) in [4.78, 5) is 16.9. The molecular formula is C24H18ClF2N5O. The van der Waals surface area contributed by atoms with Crippen molar-refractivity contribution in [1.29, 1.82) is 0 Å². The molecule has 0 fully saturated rings. The van der Waals surface area contributed by atoms with E-state index >= 15 is 0 Å². The number of imidazole rings is 1. The lowest BCUT2D eigenvalue weighted by atomic mass is 10.1. The SMILES string of the molecule is Cc1ccc(NC(=O)c2ccc(-c3cnc4ccc(-c5cn[nH]c5)cn34)cc2F)cc1F.Cl. The summed E-state index contributed by atoms with van der Waals surface area (Å²) >= 11 is 0. The lowest BCUT2D eigenvalue weighted by Gasteiger charge is -2.09. The van der Waals surface area contributed by atoms with Gasteiger partial charge in [-0.05, 0) is 48.9 Å². The Morgan fingerprint density at radius 3 is 2.52 bits per heavy atom. The van der Waals surface area contributed by atoms with Crippen LogP contribution in [0.1, 0.15) is 15.9 Å². The van der Waals surface area contributed by atoms with E-state index in [0.29, 0.717) is 22.5 Å². The number of benzene rings is 2. The van der Waals surface area contributed by atoms with Gasteiger partial charge in [0, 0.05) is 34.8 Å². The van der Waals surface area contributed by atoms with Crippen LogP contribution in [0.25, 0.3) is 28.0 Å². The highest BCUT2D eigenvalue weighted by Crippen LogP contribution is 2.26. The highest BCUT2D eigenvalue weighted by molar-refractivity contribution is 6.04. The smallest absolute Gasteiger partial charge is 0.258 e. The molecule has 0 radical (unpaired) electrons. The van der Waals surface area contributed by atoms with Gasteiger partial charge in [0.25, 0.3) is 5.91 Å². The van der Waals surface area contributed by atoms with E-state index in [2.05, 4.69) is 20.5 Å². The Balaban J connectivity index is 0.00000259. The minimum absolute atomic E-state index is 0. The molecule has 0 aliphatic carbocycles. The van der Waals surface area contributed by atoms with Crippen LogP contribution in [0, 0.1) is 18.6 Å². The molecule has 9 heteroatoms. The number of hydrogen-bond donors (Lipinski definition) is 2. The van der Waals surface area contributed by atoms with E-state index in [1.807, 2.05) is 22.7 Å². The number of aryl methyl sites for hydroxylation is 1. The largest absolute Gasteiger partial charge is 0.322 e. The Morgan fingerprint density at radius 1 is 0.970 bits per heavy atom. The number of halogens is 3. The van der Waals surface area contributed by atoms with Gasteiger partial charge < -0.3 is 5.32 Å². The minimum atomic E-state index is -0.687. The predicted molar refractivity (Wildman–Crippen MR) is 125 cm³/mol. The average Bonchev–Trinajstić information content (AvgIpc) is 3.46. The van der Waals surface area contributed by atoms with E-state index in [4.69, 9.17) is 0 Å². The van der Waals surface area contributed by atoms with Crippen LogP contribution in [-0.2, 0) is 0 Å². The highest BCUT2D eigenvalue weighted by atomic mass is 35.5. The molecule has 33 heavy (non-hydrogen) atoms. The molecule has 3 heterocycles. The molecule has 0 saturated carbocycles. The molecule has 0 saturated heterocycles. The number of H-pyrrole nitrogens is 1. The van der Waals surface area contributed by atoms with Gasteiger partial charge in [-0.15, -0.1) is 12.4 Å². The van der Waals surface area contributed by atoms with Crippen molar-refractivity contribution < 1.29 is 13.6 Å². The van der Waals surface area contributed by atoms with Crippen molar-refractivity contribution in [2.24, 2.45) is 0 Å². The van der Waals surface area contributed by atoms with E-state index in [9.17, 15) is 13.6 Å². The second-order valence-electron chi connectivity index (χ2n) is 7.39. The standard InChI is InChI=1S/C24H17F2N5O.ClH/c1-14-2-5-18(9-20(14)25)30-24(32)19-6-3-15(8-21(19)26)22-12-27-23-7-4-16(13-31(22)23)17-10-28-29-11-17;/h2-13H,1H3,(H,28,29)(H,30,32);1H. The maximum atomic E-state index is 14.9. The summed E-state index contributed by atoms with van der Waals surface area (Å²) in [7, 11) is 0. The normalized spacial score (nSPS) is 10.8. The van der Waals surface area contributed by atoms with Crippen LogP contribution in [0.3, 0.4) is 0 Å². The van der Waals surface area contributed by atoms with Crippen LogP contribution in [0.5, 0.6) is 0 Å². The molecule has 0 unspecified atom stereocenters. The summed E-state index contributed by atoms with van der Waals surface area (Å²) in [6, 6.07) is 12.5. The fourth-order valence-corrected chi connectivity index (χ4v) is 3.50. The van der Waals surface area contributed by atoms with E-state index in [1.165, 1.54) is 18.2 Å². The first kappa shape index (κ1) is 22.2. The number of nitrogens with zero attached hydrogens (tertiary/aromatic N) is 3. The van der Waals surface area contributed by atoms with Crippen molar-refractivity contribution in [2.75, 3.05) is 5.32 Å². The molecule has 1 amide bonds. The molecule has 0 spiro atoms. The van der Waals surface area contributed by atoms with E-state index in [-0.39, 0.29) is 23.7 Å². The number of rotatable bonds is 4. The Morgan fingerprint density at radius 2 is 1.79 bits per heavy atom. The van der Waals surface area contributed by atoms with Crippen LogP contribution in [0.15, 0.2) is 73.3 Å². The Bertz CT molecular complexity index is 1460. The summed E-state index contributed by atoms with van der Waals surface area (Å²) in [5, 5.41) is 9.27. The third-order valence-electron chi connectivity index (χ3n) is 5.28. The molecule has 0 aliphatic heterocycles. The molecule has 3 aromatic heterocycles. The molecule has 5 aromatic rings. The number of anilines is 1. The van der Waals surface area contributed by atoms with Crippen molar-refractivity contribution >= 4 is 29.6 Å². The number of pyridine rings is 1. The van der Waals surface area contributed by atoms with E-state index < -0.39 is 17.5 Å². The summed E-state index contributed by atoms with van der Waals surface area (Å²) in [6.07, 6.45) is 7.04.